The van der Waals surface area contributed by atoms with Crippen molar-refractivity contribution in [3.63, 3.8) is 0 Å². The van der Waals surface area contributed by atoms with Crippen LogP contribution in [-0.4, -0.2) is 55.7 Å². The number of carbonyl (C=O) groups is 4. The van der Waals surface area contributed by atoms with Gasteiger partial charge in [-0.15, -0.1) is 0 Å². The first kappa shape index (κ1) is 36.7. The maximum Gasteiger partial charge on any atom is 0.513 e. The summed E-state index contributed by atoms with van der Waals surface area (Å²) in [5, 5.41) is 0. The fourth-order valence-corrected chi connectivity index (χ4v) is 3.00. The highest BCUT2D eigenvalue weighted by Gasteiger charge is 2.27. The maximum atomic E-state index is 12.7. The Morgan fingerprint density at radius 1 is 0.714 bits per heavy atom. The van der Waals surface area contributed by atoms with Crippen molar-refractivity contribution in [3.8, 4) is 11.5 Å². The third-order valence-electron chi connectivity index (χ3n) is 6.04. The van der Waals surface area contributed by atoms with Crippen molar-refractivity contribution >= 4 is 24.2 Å². The van der Waals surface area contributed by atoms with E-state index < -0.39 is 36.5 Å². The zero-order valence-electron chi connectivity index (χ0n) is 26.9. The number of nitrogens with two attached hydrogens (primary N) is 1. The number of ether oxygens (including phenoxy) is 6. The monoisotopic (exact) mass is 595 g/mol. The predicted octanol–water partition coefficient (Wildman–Crippen LogP) is 5.83. The Kier molecular flexibility index (Phi) is 13.8. The van der Waals surface area contributed by atoms with E-state index in [0.717, 1.165) is 0 Å². The van der Waals surface area contributed by atoms with Crippen LogP contribution in [0, 0.1) is 22.7 Å². The van der Waals surface area contributed by atoms with Crippen LogP contribution in [0.5, 0.6) is 11.5 Å². The molecule has 0 saturated carbocycles. The van der Waals surface area contributed by atoms with Crippen molar-refractivity contribution in [1.82, 2.24) is 0 Å². The SMILES string of the molecule is CC(C)C(C)C(=O)OC(C)[C@H](C)OC(=O)[C@@H](N)Cc1ccc(OC(=O)OCC(C)(C)C)c(OC(=O)OCC(C)(C)C)c1. The van der Waals surface area contributed by atoms with Crippen LogP contribution in [0.3, 0.4) is 0 Å². The van der Waals surface area contributed by atoms with Gasteiger partial charge in [0, 0.05) is 0 Å². The lowest BCUT2D eigenvalue weighted by Crippen LogP contribution is -2.40. The van der Waals surface area contributed by atoms with Gasteiger partial charge in [0.2, 0.25) is 0 Å². The topological polar surface area (TPSA) is 150 Å². The molecule has 0 heterocycles. The molecular formula is C31H49NO10. The van der Waals surface area contributed by atoms with Crippen molar-refractivity contribution in [3.05, 3.63) is 23.8 Å². The molecule has 0 aliphatic heterocycles. The normalized spacial score (nSPS) is 14.7. The first-order valence-electron chi connectivity index (χ1n) is 14.2. The molecule has 42 heavy (non-hydrogen) atoms. The highest BCUT2D eigenvalue weighted by Crippen LogP contribution is 2.30. The van der Waals surface area contributed by atoms with Gasteiger partial charge in [0.25, 0.3) is 0 Å². The van der Waals surface area contributed by atoms with E-state index in [4.69, 9.17) is 34.2 Å². The molecule has 11 nitrogen and oxygen atoms in total. The van der Waals surface area contributed by atoms with Crippen LogP contribution in [0.15, 0.2) is 18.2 Å². The van der Waals surface area contributed by atoms with Gasteiger partial charge in [-0.1, -0.05) is 68.4 Å². The number of carbonyl (C=O) groups excluding carboxylic acids is 4. The van der Waals surface area contributed by atoms with Crippen LogP contribution in [-0.2, 0) is 35.0 Å². The largest absolute Gasteiger partial charge is 0.513 e. The summed E-state index contributed by atoms with van der Waals surface area (Å²) in [6.07, 6.45) is -3.38. The summed E-state index contributed by atoms with van der Waals surface area (Å²) in [4.78, 5) is 49.6. The fraction of sp³-hybridized carbons (Fsp3) is 0.677. The molecule has 11 heteroatoms. The molecule has 1 rings (SSSR count). The van der Waals surface area contributed by atoms with E-state index in [0.29, 0.717) is 5.56 Å². The Balaban J connectivity index is 2.98. The van der Waals surface area contributed by atoms with E-state index in [1.54, 1.807) is 26.8 Å². The third kappa shape index (κ3) is 14.0. The maximum absolute atomic E-state index is 12.7. The summed E-state index contributed by atoms with van der Waals surface area (Å²) < 4.78 is 31.8. The molecular weight excluding hydrogens is 546 g/mol. The van der Waals surface area contributed by atoms with E-state index in [1.165, 1.54) is 12.1 Å². The average molecular weight is 596 g/mol. The zero-order chi connectivity index (χ0) is 32.4. The second-order valence-corrected chi connectivity index (χ2v) is 13.3. The Morgan fingerprint density at radius 2 is 1.17 bits per heavy atom. The highest BCUT2D eigenvalue weighted by atomic mass is 16.7. The molecule has 0 bridgehead atoms. The predicted molar refractivity (Wildman–Crippen MR) is 156 cm³/mol. The number of hydrogen-bond donors (Lipinski definition) is 1. The van der Waals surface area contributed by atoms with Crippen LogP contribution in [0.25, 0.3) is 0 Å². The molecule has 0 aliphatic carbocycles. The lowest BCUT2D eigenvalue weighted by Gasteiger charge is -2.24. The summed E-state index contributed by atoms with van der Waals surface area (Å²) in [5.41, 5.74) is 6.02. The van der Waals surface area contributed by atoms with E-state index in [-0.39, 0.29) is 59.8 Å². The van der Waals surface area contributed by atoms with Crippen molar-refractivity contribution in [2.75, 3.05) is 13.2 Å². The summed E-state index contributed by atoms with van der Waals surface area (Å²) in [6.45, 7) is 20.4. The Labute approximate surface area is 249 Å². The minimum absolute atomic E-state index is 0.00621. The van der Waals surface area contributed by atoms with Crippen LogP contribution in [0.2, 0.25) is 0 Å². The van der Waals surface area contributed by atoms with E-state index in [2.05, 4.69) is 0 Å². The fourth-order valence-electron chi connectivity index (χ4n) is 3.00. The standard InChI is InChI=1S/C31H49NO10/c1-18(2)19(3)26(33)39-20(4)21(5)40-27(34)23(32)14-22-12-13-24(41-28(35)37-16-30(6,7)8)25(15-22)42-29(36)38-17-31(9,10)11/h12-13,15,18-21,23H,14,16-17,32H2,1-11H3/t19?,20?,21-,23-/m0/s1. The molecule has 0 radical (unpaired) electrons. The Hall–Kier alpha value is -3.34. The number of benzene rings is 1. The molecule has 0 aliphatic rings. The molecule has 0 spiro atoms. The molecule has 238 valence electrons. The molecule has 0 aromatic heterocycles. The van der Waals surface area contributed by atoms with Crippen LogP contribution in [0.1, 0.15) is 81.7 Å². The van der Waals surface area contributed by atoms with Crippen molar-refractivity contribution in [2.24, 2.45) is 28.4 Å². The molecule has 2 unspecified atom stereocenters. The lowest BCUT2D eigenvalue weighted by molar-refractivity contribution is -0.169. The minimum Gasteiger partial charge on any atom is -0.459 e. The van der Waals surface area contributed by atoms with Gasteiger partial charge < -0.3 is 34.2 Å². The van der Waals surface area contributed by atoms with Gasteiger partial charge in [-0.3, -0.25) is 9.59 Å². The summed E-state index contributed by atoms with van der Waals surface area (Å²) in [6, 6.07) is 3.29. The molecule has 1 aromatic rings. The highest BCUT2D eigenvalue weighted by molar-refractivity contribution is 5.76. The first-order chi connectivity index (χ1) is 19.2. The molecule has 4 atom stereocenters. The smallest absolute Gasteiger partial charge is 0.459 e. The van der Waals surface area contributed by atoms with Gasteiger partial charge in [0.05, 0.1) is 19.1 Å². The molecule has 0 saturated heterocycles. The van der Waals surface area contributed by atoms with Crippen LogP contribution in [0.4, 0.5) is 9.59 Å². The van der Waals surface area contributed by atoms with Gasteiger partial charge in [-0.25, -0.2) is 9.59 Å². The van der Waals surface area contributed by atoms with Gasteiger partial charge in [-0.2, -0.15) is 0 Å². The van der Waals surface area contributed by atoms with Gasteiger partial charge in [-0.05, 0) is 54.7 Å². The zero-order valence-corrected chi connectivity index (χ0v) is 26.9. The van der Waals surface area contributed by atoms with Crippen molar-refractivity contribution in [1.29, 1.82) is 0 Å². The molecule has 1 aromatic carbocycles. The van der Waals surface area contributed by atoms with Gasteiger partial charge in [0.1, 0.15) is 18.2 Å². The summed E-state index contributed by atoms with van der Waals surface area (Å²) >= 11 is 0. The second kappa shape index (κ2) is 15.8. The lowest BCUT2D eigenvalue weighted by atomic mass is 9.98. The van der Waals surface area contributed by atoms with Crippen LogP contribution >= 0.6 is 0 Å². The van der Waals surface area contributed by atoms with Crippen LogP contribution < -0.4 is 15.2 Å². The average Bonchev–Trinajstić information content (AvgIpc) is 2.86. The summed E-state index contributed by atoms with van der Waals surface area (Å²) in [7, 11) is 0. The quantitative estimate of drug-likeness (QED) is 0.176. The van der Waals surface area contributed by atoms with Gasteiger partial charge >= 0.3 is 24.2 Å². The number of rotatable bonds is 12. The molecule has 0 amide bonds. The second-order valence-electron chi connectivity index (χ2n) is 13.3. The van der Waals surface area contributed by atoms with Gasteiger partial charge in [0.15, 0.2) is 11.5 Å². The first-order valence-corrected chi connectivity index (χ1v) is 14.2. The van der Waals surface area contributed by atoms with Crippen molar-refractivity contribution in [2.45, 2.75) is 101 Å². The minimum atomic E-state index is -1.09. The van der Waals surface area contributed by atoms with Crippen molar-refractivity contribution < 1.29 is 47.6 Å². The van der Waals surface area contributed by atoms with E-state index in [9.17, 15) is 19.2 Å². The number of hydrogen-bond acceptors (Lipinski definition) is 11. The Morgan fingerprint density at radius 3 is 1.62 bits per heavy atom. The van der Waals surface area contributed by atoms with E-state index in [1.807, 2.05) is 55.4 Å². The Bertz CT molecular complexity index is 1070. The number of esters is 2. The molecule has 2 N–H and O–H groups in total. The third-order valence-corrected chi connectivity index (χ3v) is 6.04. The van der Waals surface area contributed by atoms with E-state index >= 15 is 0 Å². The molecule has 0 fully saturated rings. The summed E-state index contributed by atoms with van der Waals surface area (Å²) in [5.74, 6) is -1.47.